The fourth-order valence-electron chi connectivity index (χ4n) is 3.04. The van der Waals surface area contributed by atoms with Gasteiger partial charge in [-0.15, -0.1) is 0 Å². The van der Waals surface area contributed by atoms with Crippen LogP contribution in [0.5, 0.6) is 0 Å². The molecule has 1 unspecified atom stereocenters. The van der Waals surface area contributed by atoms with E-state index in [4.69, 9.17) is 4.74 Å². The second-order valence-corrected chi connectivity index (χ2v) is 6.64. The lowest BCUT2D eigenvalue weighted by Gasteiger charge is -2.18. The molecule has 2 aromatic heterocycles. The largest absolute Gasteiger partial charge is 0.461 e. The first-order valence-electron chi connectivity index (χ1n) is 7.84. The van der Waals surface area contributed by atoms with Crippen LogP contribution in [0.15, 0.2) is 30.6 Å². The maximum Gasteiger partial charge on any atom is 0.367 e. The van der Waals surface area contributed by atoms with Gasteiger partial charge in [-0.3, -0.25) is 0 Å². The Hall–Kier alpha value is -2.54. The highest BCUT2D eigenvalue weighted by Gasteiger charge is 2.29. The van der Waals surface area contributed by atoms with Crippen molar-refractivity contribution < 1.29 is 9.53 Å². The van der Waals surface area contributed by atoms with E-state index in [0.29, 0.717) is 27.9 Å². The third-order valence-corrected chi connectivity index (χ3v) is 5.04. The Morgan fingerprint density at radius 3 is 3.04 bits per heavy atom. The minimum atomic E-state index is -0.415. The number of anilines is 2. The molecule has 0 fully saturated rings. The van der Waals surface area contributed by atoms with E-state index in [0.717, 1.165) is 18.1 Å². The van der Waals surface area contributed by atoms with Crippen molar-refractivity contribution in [2.24, 2.45) is 0 Å². The number of para-hydroxylation sites is 1. The number of benzene rings is 1. The van der Waals surface area contributed by atoms with Crippen molar-refractivity contribution >= 4 is 39.2 Å². The zero-order valence-electron chi connectivity index (χ0n) is 13.4. The minimum absolute atomic E-state index is 0.314. The van der Waals surface area contributed by atoms with Gasteiger partial charge in [0.1, 0.15) is 16.7 Å². The fourth-order valence-corrected chi connectivity index (χ4v) is 3.84. The van der Waals surface area contributed by atoms with Crippen LogP contribution >= 0.6 is 11.3 Å². The number of fused-ring (bicyclic) bond motifs is 2. The van der Waals surface area contributed by atoms with Crippen molar-refractivity contribution in [1.82, 2.24) is 15.0 Å². The smallest absolute Gasteiger partial charge is 0.367 e. The number of ether oxygens (including phenoxy) is 1. The van der Waals surface area contributed by atoms with E-state index < -0.39 is 5.97 Å². The predicted molar refractivity (Wildman–Crippen MR) is 93.0 cm³/mol. The highest BCUT2D eigenvalue weighted by atomic mass is 32.1. The lowest BCUT2D eigenvalue weighted by Crippen LogP contribution is -2.16. The van der Waals surface area contributed by atoms with Gasteiger partial charge in [0.2, 0.25) is 5.01 Å². The summed E-state index contributed by atoms with van der Waals surface area (Å²) < 4.78 is 5.04. The summed E-state index contributed by atoms with van der Waals surface area (Å²) in [7, 11) is 0. The van der Waals surface area contributed by atoms with Gasteiger partial charge in [0.05, 0.1) is 6.61 Å². The molecule has 0 amide bonds. The first-order valence-corrected chi connectivity index (χ1v) is 8.65. The van der Waals surface area contributed by atoms with E-state index in [1.54, 1.807) is 6.92 Å². The first kappa shape index (κ1) is 15.0. The van der Waals surface area contributed by atoms with Crippen LogP contribution in [-0.2, 0) is 4.74 Å². The summed E-state index contributed by atoms with van der Waals surface area (Å²) in [6.45, 7) is 5.13. The van der Waals surface area contributed by atoms with E-state index in [1.807, 2.05) is 6.07 Å². The van der Waals surface area contributed by atoms with E-state index in [2.05, 4.69) is 45.0 Å². The van der Waals surface area contributed by atoms with Crippen LogP contribution in [0.3, 0.4) is 0 Å². The number of hydrogen-bond donors (Lipinski definition) is 0. The molecule has 0 bridgehead atoms. The molecule has 1 aliphatic rings. The Bertz CT molecular complexity index is 924. The molecule has 6 nitrogen and oxygen atoms in total. The Morgan fingerprint density at radius 1 is 1.38 bits per heavy atom. The summed E-state index contributed by atoms with van der Waals surface area (Å²) in [4.78, 5) is 28.0. The van der Waals surface area contributed by atoms with Crippen molar-refractivity contribution in [1.29, 1.82) is 0 Å². The quantitative estimate of drug-likeness (QED) is 0.680. The van der Waals surface area contributed by atoms with Crippen LogP contribution in [0.2, 0.25) is 0 Å². The van der Waals surface area contributed by atoms with Crippen molar-refractivity contribution in [2.75, 3.05) is 18.1 Å². The second-order valence-electron chi connectivity index (χ2n) is 5.66. The Balaban J connectivity index is 1.82. The minimum Gasteiger partial charge on any atom is -0.461 e. The molecular weight excluding hydrogens is 324 g/mol. The molecule has 122 valence electrons. The Kier molecular flexibility index (Phi) is 3.65. The van der Waals surface area contributed by atoms with Crippen molar-refractivity contribution in [2.45, 2.75) is 19.8 Å². The number of rotatable bonds is 3. The summed E-state index contributed by atoms with van der Waals surface area (Å²) in [5.41, 5.74) is 3.08. The van der Waals surface area contributed by atoms with Crippen molar-refractivity contribution in [3.63, 3.8) is 0 Å². The number of hydrogen-bond acceptors (Lipinski definition) is 7. The van der Waals surface area contributed by atoms with Crippen molar-refractivity contribution in [3.8, 4) is 0 Å². The van der Waals surface area contributed by atoms with Crippen LogP contribution in [-0.4, -0.2) is 34.1 Å². The summed E-state index contributed by atoms with van der Waals surface area (Å²) in [5, 5.41) is 0.314. The highest BCUT2D eigenvalue weighted by Crippen LogP contribution is 2.41. The Morgan fingerprint density at radius 2 is 2.21 bits per heavy atom. The van der Waals surface area contributed by atoms with Crippen LogP contribution in [0.25, 0.3) is 10.3 Å². The van der Waals surface area contributed by atoms with Gasteiger partial charge in [-0.25, -0.2) is 19.7 Å². The van der Waals surface area contributed by atoms with Crippen LogP contribution in [0, 0.1) is 0 Å². The molecule has 0 N–H and O–H groups in total. The first-order chi connectivity index (χ1) is 11.7. The molecular formula is C17H16N4O2S. The van der Waals surface area contributed by atoms with E-state index in [-0.39, 0.29) is 0 Å². The average molecular weight is 340 g/mol. The maximum atomic E-state index is 12.0. The van der Waals surface area contributed by atoms with E-state index in [9.17, 15) is 4.79 Å². The zero-order valence-corrected chi connectivity index (χ0v) is 14.2. The topological polar surface area (TPSA) is 68.2 Å². The lowest BCUT2D eigenvalue weighted by atomic mass is 10.0. The molecule has 0 saturated heterocycles. The molecule has 0 radical (unpaired) electrons. The monoisotopic (exact) mass is 340 g/mol. The molecule has 0 spiro atoms. The molecule has 4 rings (SSSR count). The number of carbonyl (C=O) groups excluding carboxylic acids is 1. The average Bonchev–Trinajstić information content (AvgIpc) is 3.17. The van der Waals surface area contributed by atoms with E-state index >= 15 is 0 Å². The molecule has 3 aromatic rings. The van der Waals surface area contributed by atoms with Gasteiger partial charge in [-0.1, -0.05) is 36.5 Å². The zero-order chi connectivity index (χ0) is 16.7. The van der Waals surface area contributed by atoms with Gasteiger partial charge in [-0.05, 0) is 18.6 Å². The molecule has 1 aromatic carbocycles. The SMILES string of the molecule is CCOC(=O)c1nc2c(N3CC(C)c4ccccc43)ncnc2s1. The van der Waals surface area contributed by atoms with Crippen LogP contribution < -0.4 is 4.90 Å². The second kappa shape index (κ2) is 5.83. The standard InChI is InChI=1S/C17H16N4O2S/c1-3-23-17(22)16-20-13-14(18-9-19-15(13)24-16)21-8-10(2)11-6-4-5-7-12(11)21/h4-7,9-10H,3,8H2,1-2H3. The molecule has 0 aliphatic carbocycles. The molecule has 24 heavy (non-hydrogen) atoms. The summed E-state index contributed by atoms with van der Waals surface area (Å²) >= 11 is 1.24. The lowest BCUT2D eigenvalue weighted by molar-refractivity contribution is 0.0526. The number of esters is 1. The summed E-state index contributed by atoms with van der Waals surface area (Å²) in [6.07, 6.45) is 1.52. The fraction of sp³-hybridized carbons (Fsp3) is 0.294. The number of carbonyl (C=O) groups is 1. The number of thiazole rings is 1. The van der Waals surface area contributed by atoms with Crippen molar-refractivity contribution in [3.05, 3.63) is 41.2 Å². The third kappa shape index (κ3) is 2.32. The van der Waals surface area contributed by atoms with Crippen LogP contribution in [0.1, 0.15) is 35.1 Å². The molecule has 1 aliphatic heterocycles. The molecule has 1 atom stereocenters. The van der Waals surface area contributed by atoms with E-state index in [1.165, 1.54) is 23.2 Å². The maximum absolute atomic E-state index is 12.0. The van der Waals surface area contributed by atoms with Gasteiger partial charge < -0.3 is 9.64 Å². The summed E-state index contributed by atoms with van der Waals surface area (Å²) in [6, 6.07) is 8.30. The van der Waals surface area contributed by atoms with Crippen LogP contribution in [0.4, 0.5) is 11.5 Å². The third-order valence-electron chi connectivity index (χ3n) is 4.10. The molecule has 7 heteroatoms. The predicted octanol–water partition coefficient (Wildman–Crippen LogP) is 3.52. The number of nitrogens with zero attached hydrogens (tertiary/aromatic N) is 4. The molecule has 0 saturated carbocycles. The summed E-state index contributed by atoms with van der Waals surface area (Å²) in [5.74, 6) is 0.736. The van der Waals surface area contributed by atoms with Gasteiger partial charge in [0.25, 0.3) is 0 Å². The molecule has 3 heterocycles. The Labute approximate surface area is 143 Å². The highest BCUT2D eigenvalue weighted by molar-refractivity contribution is 7.19. The van der Waals surface area contributed by atoms with Gasteiger partial charge in [0.15, 0.2) is 5.82 Å². The normalized spacial score (nSPS) is 16.4. The number of aromatic nitrogens is 3. The van der Waals surface area contributed by atoms with Gasteiger partial charge >= 0.3 is 5.97 Å². The van der Waals surface area contributed by atoms with Gasteiger partial charge in [-0.2, -0.15) is 0 Å². The van der Waals surface area contributed by atoms with Gasteiger partial charge in [0, 0.05) is 18.2 Å².